The number of hydrogen-bond donors (Lipinski definition) is 0. The summed E-state index contributed by atoms with van der Waals surface area (Å²) in [6, 6.07) is 6.08. The minimum atomic E-state index is -0.180. The van der Waals surface area contributed by atoms with Crippen LogP contribution in [0.15, 0.2) is 36.8 Å². The van der Waals surface area contributed by atoms with Crippen LogP contribution in [0, 0.1) is 5.92 Å². The van der Waals surface area contributed by atoms with Crippen molar-refractivity contribution < 1.29 is 14.3 Å². The van der Waals surface area contributed by atoms with Crippen molar-refractivity contribution in [1.82, 2.24) is 24.5 Å². The number of carbonyl (C=O) groups is 1. The molecule has 2 atom stereocenters. The highest BCUT2D eigenvalue weighted by Crippen LogP contribution is 2.35. The molecule has 5 rings (SSSR count). The molecule has 32 heavy (non-hydrogen) atoms. The summed E-state index contributed by atoms with van der Waals surface area (Å²) in [5, 5.41) is 4.46. The molecular weight excluding hydrogens is 408 g/mol. The lowest BCUT2D eigenvalue weighted by Crippen LogP contribution is -2.56. The van der Waals surface area contributed by atoms with Crippen LogP contribution in [0.4, 0.5) is 10.5 Å². The summed E-state index contributed by atoms with van der Waals surface area (Å²) < 4.78 is 12.6. The van der Waals surface area contributed by atoms with Crippen LogP contribution in [0.3, 0.4) is 0 Å². The zero-order valence-electron chi connectivity index (χ0n) is 18.6. The van der Waals surface area contributed by atoms with Gasteiger partial charge >= 0.3 is 6.09 Å². The molecule has 0 radical (unpaired) electrons. The number of imidazole rings is 1. The standard InChI is InChI=1S/C23H28N6O3/c1-15(2)14-32-23(30)29-17-4-5-18(29)12-27(11-17)20-7-9-25-28-13-19(26-22(20)28)16-6-8-24-21(10-16)31-3/h6-10,13,15,17-18H,4-5,11-12,14H2,1-3H3. The van der Waals surface area contributed by atoms with Gasteiger partial charge in [0, 0.05) is 30.9 Å². The predicted molar refractivity (Wildman–Crippen MR) is 120 cm³/mol. The van der Waals surface area contributed by atoms with E-state index < -0.39 is 0 Å². The summed E-state index contributed by atoms with van der Waals surface area (Å²) in [7, 11) is 1.60. The molecule has 9 heteroatoms. The van der Waals surface area contributed by atoms with Crippen molar-refractivity contribution in [2.24, 2.45) is 5.92 Å². The quantitative estimate of drug-likeness (QED) is 0.607. The smallest absolute Gasteiger partial charge is 0.410 e. The fraction of sp³-hybridized carbons (Fsp3) is 0.478. The first-order valence-corrected chi connectivity index (χ1v) is 11.1. The second-order valence-electron chi connectivity index (χ2n) is 8.87. The molecule has 1 amide bonds. The van der Waals surface area contributed by atoms with E-state index in [-0.39, 0.29) is 18.2 Å². The van der Waals surface area contributed by atoms with E-state index in [0.717, 1.165) is 48.5 Å². The van der Waals surface area contributed by atoms with Gasteiger partial charge in [0.15, 0.2) is 5.65 Å². The summed E-state index contributed by atoms with van der Waals surface area (Å²) in [5.74, 6) is 0.878. The highest BCUT2D eigenvalue weighted by molar-refractivity contribution is 5.74. The molecule has 0 saturated carbocycles. The topological polar surface area (TPSA) is 85.1 Å². The maximum Gasteiger partial charge on any atom is 0.410 e. The average molecular weight is 437 g/mol. The van der Waals surface area contributed by atoms with Gasteiger partial charge in [-0.25, -0.2) is 19.3 Å². The van der Waals surface area contributed by atoms with Gasteiger partial charge in [0.25, 0.3) is 0 Å². The Morgan fingerprint density at radius 3 is 2.69 bits per heavy atom. The van der Waals surface area contributed by atoms with Gasteiger partial charge in [-0.3, -0.25) is 4.90 Å². The van der Waals surface area contributed by atoms with Crippen molar-refractivity contribution in [1.29, 1.82) is 0 Å². The average Bonchev–Trinajstić information content (AvgIpc) is 3.35. The Kier molecular flexibility index (Phi) is 5.32. The first-order chi connectivity index (χ1) is 15.5. The predicted octanol–water partition coefficient (Wildman–Crippen LogP) is 3.25. The fourth-order valence-electron chi connectivity index (χ4n) is 4.66. The van der Waals surface area contributed by atoms with Crippen LogP contribution in [-0.4, -0.2) is 69.5 Å². The van der Waals surface area contributed by atoms with Crippen molar-refractivity contribution in [3.63, 3.8) is 0 Å². The molecule has 2 aliphatic rings. The molecule has 168 valence electrons. The zero-order valence-corrected chi connectivity index (χ0v) is 18.6. The third kappa shape index (κ3) is 3.72. The number of hydrogen-bond acceptors (Lipinski definition) is 7. The second kappa shape index (κ2) is 8.29. The van der Waals surface area contributed by atoms with Crippen molar-refractivity contribution in [3.05, 3.63) is 36.8 Å². The molecule has 2 fully saturated rings. The first kappa shape index (κ1) is 20.5. The van der Waals surface area contributed by atoms with Gasteiger partial charge in [0.1, 0.15) is 0 Å². The number of rotatable bonds is 5. The van der Waals surface area contributed by atoms with E-state index in [0.29, 0.717) is 18.4 Å². The van der Waals surface area contributed by atoms with Crippen LogP contribution in [0.1, 0.15) is 26.7 Å². The molecule has 2 saturated heterocycles. The van der Waals surface area contributed by atoms with E-state index in [2.05, 4.69) is 28.8 Å². The molecule has 0 aliphatic carbocycles. The molecule has 2 unspecified atom stereocenters. The monoisotopic (exact) mass is 436 g/mol. The molecule has 0 aromatic carbocycles. The molecule has 5 heterocycles. The van der Waals surface area contributed by atoms with Crippen molar-refractivity contribution in [2.45, 2.75) is 38.8 Å². The number of carbonyl (C=O) groups excluding carboxylic acids is 1. The van der Waals surface area contributed by atoms with Crippen LogP contribution < -0.4 is 9.64 Å². The number of methoxy groups -OCH3 is 1. The second-order valence-corrected chi connectivity index (χ2v) is 8.87. The van der Waals surface area contributed by atoms with E-state index in [1.807, 2.05) is 33.8 Å². The molecule has 2 aliphatic heterocycles. The SMILES string of the molecule is COc1cc(-c2cn3nccc(N4CC5CCC(C4)N5C(=O)OCC(C)C)c3n2)ccn1. The maximum atomic E-state index is 12.7. The summed E-state index contributed by atoms with van der Waals surface area (Å²) in [4.78, 5) is 26.0. The molecule has 9 nitrogen and oxygen atoms in total. The van der Waals surface area contributed by atoms with Crippen LogP contribution in [0.5, 0.6) is 5.88 Å². The lowest BCUT2D eigenvalue weighted by molar-refractivity contribution is 0.0704. The van der Waals surface area contributed by atoms with Gasteiger partial charge in [-0.1, -0.05) is 13.8 Å². The van der Waals surface area contributed by atoms with Gasteiger partial charge in [0.05, 0.1) is 49.6 Å². The Hall–Kier alpha value is -3.36. The fourth-order valence-corrected chi connectivity index (χ4v) is 4.66. The van der Waals surface area contributed by atoms with Gasteiger partial charge in [0.2, 0.25) is 5.88 Å². The molecular formula is C23H28N6O3. The molecule has 0 spiro atoms. The summed E-state index contributed by atoms with van der Waals surface area (Å²) in [6.07, 6.45) is 7.24. The van der Waals surface area contributed by atoms with E-state index in [1.165, 1.54) is 0 Å². The van der Waals surface area contributed by atoms with Crippen molar-refractivity contribution in [2.75, 3.05) is 31.7 Å². The van der Waals surface area contributed by atoms with Crippen LogP contribution in [0.2, 0.25) is 0 Å². The van der Waals surface area contributed by atoms with Gasteiger partial charge in [-0.05, 0) is 30.9 Å². The number of anilines is 1. The minimum Gasteiger partial charge on any atom is -0.481 e. The van der Waals surface area contributed by atoms with Crippen LogP contribution in [-0.2, 0) is 4.74 Å². The number of fused-ring (bicyclic) bond motifs is 3. The third-order valence-corrected chi connectivity index (χ3v) is 6.15. The number of aromatic nitrogens is 4. The first-order valence-electron chi connectivity index (χ1n) is 11.1. The number of ether oxygens (including phenoxy) is 2. The Morgan fingerprint density at radius 1 is 1.19 bits per heavy atom. The van der Waals surface area contributed by atoms with Gasteiger partial charge in [-0.15, -0.1) is 0 Å². The lowest BCUT2D eigenvalue weighted by atomic mass is 10.2. The molecule has 3 aromatic rings. The van der Waals surface area contributed by atoms with Gasteiger partial charge in [-0.2, -0.15) is 5.10 Å². The lowest BCUT2D eigenvalue weighted by Gasteiger charge is -2.41. The molecule has 2 bridgehead atoms. The van der Waals surface area contributed by atoms with E-state index in [4.69, 9.17) is 14.5 Å². The molecule has 3 aromatic heterocycles. The van der Waals surface area contributed by atoms with Crippen LogP contribution >= 0.6 is 0 Å². The number of amides is 1. The Bertz CT molecular complexity index is 1120. The molecule has 0 N–H and O–H groups in total. The highest BCUT2D eigenvalue weighted by Gasteiger charge is 2.44. The minimum absolute atomic E-state index is 0.153. The van der Waals surface area contributed by atoms with Crippen molar-refractivity contribution >= 4 is 17.4 Å². The number of nitrogens with zero attached hydrogens (tertiary/aromatic N) is 6. The van der Waals surface area contributed by atoms with E-state index >= 15 is 0 Å². The van der Waals surface area contributed by atoms with Crippen molar-refractivity contribution in [3.8, 4) is 17.1 Å². The van der Waals surface area contributed by atoms with Crippen LogP contribution in [0.25, 0.3) is 16.9 Å². The van der Waals surface area contributed by atoms with E-state index in [1.54, 1.807) is 19.5 Å². The van der Waals surface area contributed by atoms with E-state index in [9.17, 15) is 4.79 Å². The van der Waals surface area contributed by atoms with Gasteiger partial charge < -0.3 is 14.4 Å². The normalized spacial score (nSPS) is 20.2. The Labute approximate surface area is 187 Å². The largest absolute Gasteiger partial charge is 0.481 e. The summed E-state index contributed by atoms with van der Waals surface area (Å²) >= 11 is 0. The maximum absolute atomic E-state index is 12.7. The zero-order chi connectivity index (χ0) is 22.2. The highest BCUT2D eigenvalue weighted by atomic mass is 16.6. The number of piperazine rings is 1. The third-order valence-electron chi connectivity index (χ3n) is 6.15. The summed E-state index contributed by atoms with van der Waals surface area (Å²) in [5.41, 5.74) is 3.56. The Balaban J connectivity index is 1.40. The summed E-state index contributed by atoms with van der Waals surface area (Å²) in [6.45, 7) is 6.08. The number of pyridine rings is 1. The Morgan fingerprint density at radius 2 is 1.97 bits per heavy atom.